The van der Waals surface area contributed by atoms with Crippen molar-refractivity contribution in [3.8, 4) is 5.69 Å². The molecule has 3 aromatic rings. The third-order valence-electron chi connectivity index (χ3n) is 3.89. The molecule has 8 heteroatoms. The van der Waals surface area contributed by atoms with Crippen molar-refractivity contribution in [2.24, 2.45) is 5.73 Å². The summed E-state index contributed by atoms with van der Waals surface area (Å²) in [6.45, 7) is 0.709. The molecule has 0 bridgehead atoms. The lowest BCUT2D eigenvalue weighted by molar-refractivity contribution is -0.116. The maximum atomic E-state index is 12.2. The summed E-state index contributed by atoms with van der Waals surface area (Å²) in [5, 5.41) is 18.5. The lowest BCUT2D eigenvalue weighted by atomic mass is 10.1. The highest BCUT2D eigenvalue weighted by molar-refractivity contribution is 6.01. The Labute approximate surface area is 139 Å². The second-order valence-electron chi connectivity index (χ2n) is 5.69. The van der Waals surface area contributed by atoms with Gasteiger partial charge in [-0.15, -0.1) is 10.2 Å². The van der Waals surface area contributed by atoms with E-state index >= 15 is 0 Å². The number of nitrogens with zero attached hydrogens (tertiary/aromatic N) is 4. The van der Waals surface area contributed by atoms with Crippen LogP contribution in [0.3, 0.4) is 0 Å². The van der Waals surface area contributed by atoms with Crippen molar-refractivity contribution >= 4 is 22.5 Å². The molecule has 3 rings (SSSR count). The SMILES string of the molecule is NCCCCCCC(=O)Nc1cc(-n2cnnc2)cc2[nH]ncc12. The van der Waals surface area contributed by atoms with E-state index in [0.717, 1.165) is 48.0 Å². The number of aromatic amines is 1. The van der Waals surface area contributed by atoms with Gasteiger partial charge in [-0.2, -0.15) is 5.10 Å². The van der Waals surface area contributed by atoms with Gasteiger partial charge in [-0.25, -0.2) is 0 Å². The molecule has 0 saturated heterocycles. The fourth-order valence-electron chi connectivity index (χ4n) is 2.62. The third kappa shape index (κ3) is 3.77. The maximum absolute atomic E-state index is 12.2. The molecule has 0 saturated carbocycles. The average Bonchev–Trinajstić information content (AvgIpc) is 3.26. The van der Waals surface area contributed by atoms with Gasteiger partial charge in [0, 0.05) is 11.8 Å². The lowest BCUT2D eigenvalue weighted by Gasteiger charge is -2.09. The Morgan fingerprint density at radius 2 is 1.96 bits per heavy atom. The fourth-order valence-corrected chi connectivity index (χ4v) is 2.62. The summed E-state index contributed by atoms with van der Waals surface area (Å²) >= 11 is 0. The van der Waals surface area contributed by atoms with Crippen molar-refractivity contribution in [2.75, 3.05) is 11.9 Å². The van der Waals surface area contributed by atoms with Gasteiger partial charge in [0.2, 0.25) is 5.91 Å². The Balaban J connectivity index is 1.71. The number of rotatable bonds is 8. The van der Waals surface area contributed by atoms with Crippen LogP contribution in [0.15, 0.2) is 31.0 Å². The largest absolute Gasteiger partial charge is 0.330 e. The van der Waals surface area contributed by atoms with Crippen LogP contribution in [0.25, 0.3) is 16.6 Å². The molecule has 1 aromatic carbocycles. The highest BCUT2D eigenvalue weighted by Crippen LogP contribution is 2.26. The van der Waals surface area contributed by atoms with Crippen molar-refractivity contribution in [1.82, 2.24) is 25.0 Å². The van der Waals surface area contributed by atoms with Crippen molar-refractivity contribution in [1.29, 1.82) is 0 Å². The minimum atomic E-state index is 0.00570. The second kappa shape index (κ2) is 7.69. The van der Waals surface area contributed by atoms with E-state index in [-0.39, 0.29) is 5.91 Å². The van der Waals surface area contributed by atoms with Crippen molar-refractivity contribution < 1.29 is 4.79 Å². The molecule has 0 unspecified atom stereocenters. The number of hydrogen-bond acceptors (Lipinski definition) is 5. The number of amides is 1. The summed E-state index contributed by atoms with van der Waals surface area (Å²) in [4.78, 5) is 12.2. The zero-order chi connectivity index (χ0) is 16.8. The van der Waals surface area contributed by atoms with Crippen LogP contribution in [0.5, 0.6) is 0 Å². The number of carbonyl (C=O) groups excluding carboxylic acids is 1. The summed E-state index contributed by atoms with van der Waals surface area (Å²) in [7, 11) is 0. The normalized spacial score (nSPS) is 11.0. The predicted molar refractivity (Wildman–Crippen MR) is 91.8 cm³/mol. The summed E-state index contributed by atoms with van der Waals surface area (Å²) in [6.07, 6.45) is 9.40. The van der Waals surface area contributed by atoms with Crippen LogP contribution in [-0.4, -0.2) is 37.4 Å². The Morgan fingerprint density at radius 1 is 1.17 bits per heavy atom. The molecular formula is C16H21N7O. The van der Waals surface area contributed by atoms with Crippen LogP contribution in [0.2, 0.25) is 0 Å². The number of aromatic nitrogens is 5. The zero-order valence-corrected chi connectivity index (χ0v) is 13.4. The number of anilines is 1. The number of H-pyrrole nitrogens is 1. The van der Waals surface area contributed by atoms with E-state index in [4.69, 9.17) is 5.73 Å². The van der Waals surface area contributed by atoms with E-state index < -0.39 is 0 Å². The number of fused-ring (bicyclic) bond motifs is 1. The molecule has 0 fully saturated rings. The number of hydrogen-bond donors (Lipinski definition) is 3. The fraction of sp³-hybridized carbons (Fsp3) is 0.375. The smallest absolute Gasteiger partial charge is 0.224 e. The van der Waals surface area contributed by atoms with E-state index in [2.05, 4.69) is 25.7 Å². The highest BCUT2D eigenvalue weighted by Gasteiger charge is 2.10. The van der Waals surface area contributed by atoms with Crippen LogP contribution in [0, 0.1) is 0 Å². The van der Waals surface area contributed by atoms with E-state index in [1.807, 2.05) is 12.1 Å². The second-order valence-corrected chi connectivity index (χ2v) is 5.69. The number of nitrogens with one attached hydrogen (secondary N) is 2. The molecular weight excluding hydrogens is 306 g/mol. The first kappa shape index (κ1) is 16.1. The first-order valence-corrected chi connectivity index (χ1v) is 8.10. The van der Waals surface area contributed by atoms with Gasteiger partial charge >= 0.3 is 0 Å². The average molecular weight is 327 g/mol. The molecule has 0 atom stereocenters. The topological polar surface area (TPSA) is 115 Å². The van der Waals surface area contributed by atoms with Crippen molar-refractivity contribution in [3.05, 3.63) is 31.0 Å². The van der Waals surface area contributed by atoms with Crippen LogP contribution < -0.4 is 11.1 Å². The molecule has 0 aliphatic heterocycles. The molecule has 8 nitrogen and oxygen atoms in total. The predicted octanol–water partition coefficient (Wildman–Crippen LogP) is 1.99. The monoisotopic (exact) mass is 327 g/mol. The van der Waals surface area contributed by atoms with Crippen LogP contribution in [0.1, 0.15) is 32.1 Å². The zero-order valence-electron chi connectivity index (χ0n) is 13.4. The number of nitrogens with two attached hydrogens (primary N) is 1. The molecule has 24 heavy (non-hydrogen) atoms. The Kier molecular flexibility index (Phi) is 5.17. The number of unbranched alkanes of at least 4 members (excludes halogenated alkanes) is 3. The van der Waals surface area contributed by atoms with Crippen LogP contribution in [-0.2, 0) is 4.79 Å². The van der Waals surface area contributed by atoms with Gasteiger partial charge in [0.25, 0.3) is 0 Å². The van der Waals surface area contributed by atoms with E-state index in [1.165, 1.54) is 0 Å². The molecule has 0 spiro atoms. The number of carbonyl (C=O) groups is 1. The first-order valence-electron chi connectivity index (χ1n) is 8.10. The Bertz CT molecular complexity index is 794. The van der Waals surface area contributed by atoms with E-state index in [1.54, 1.807) is 23.4 Å². The van der Waals surface area contributed by atoms with Gasteiger partial charge in [0.15, 0.2) is 0 Å². The molecule has 0 aliphatic rings. The minimum Gasteiger partial charge on any atom is -0.330 e. The van der Waals surface area contributed by atoms with Crippen LogP contribution in [0.4, 0.5) is 5.69 Å². The molecule has 126 valence electrons. The Hall–Kier alpha value is -2.74. The summed E-state index contributed by atoms with van der Waals surface area (Å²) in [6, 6.07) is 3.84. The quantitative estimate of drug-likeness (QED) is 0.547. The Morgan fingerprint density at radius 3 is 2.75 bits per heavy atom. The third-order valence-corrected chi connectivity index (χ3v) is 3.89. The minimum absolute atomic E-state index is 0.00570. The summed E-state index contributed by atoms with van der Waals surface area (Å²) in [5.41, 5.74) is 7.91. The van der Waals surface area contributed by atoms with E-state index in [9.17, 15) is 4.79 Å². The highest BCUT2D eigenvalue weighted by atomic mass is 16.1. The lowest BCUT2D eigenvalue weighted by Crippen LogP contribution is -2.11. The van der Waals surface area contributed by atoms with Gasteiger partial charge in [0.05, 0.1) is 23.1 Å². The van der Waals surface area contributed by atoms with Gasteiger partial charge in [0.1, 0.15) is 12.7 Å². The standard InChI is InChI=1S/C16H21N7O/c17-6-4-2-1-3-5-16(24)21-14-7-12(23-10-19-20-11-23)8-15-13(14)9-18-22-15/h7-11H,1-6,17H2,(H,18,22)(H,21,24). The molecule has 2 heterocycles. The first-order chi connectivity index (χ1) is 11.8. The van der Waals surface area contributed by atoms with Crippen LogP contribution >= 0.6 is 0 Å². The molecule has 2 aromatic heterocycles. The van der Waals surface area contributed by atoms with Gasteiger partial charge in [-0.05, 0) is 31.5 Å². The van der Waals surface area contributed by atoms with Gasteiger partial charge in [-0.1, -0.05) is 12.8 Å². The molecule has 4 N–H and O–H groups in total. The van der Waals surface area contributed by atoms with Gasteiger partial charge in [-0.3, -0.25) is 14.5 Å². The van der Waals surface area contributed by atoms with E-state index in [0.29, 0.717) is 13.0 Å². The van der Waals surface area contributed by atoms with Gasteiger partial charge < -0.3 is 11.1 Å². The summed E-state index contributed by atoms with van der Waals surface area (Å²) in [5.74, 6) is 0.00570. The van der Waals surface area contributed by atoms with Crippen molar-refractivity contribution in [2.45, 2.75) is 32.1 Å². The molecule has 1 amide bonds. The molecule has 0 aliphatic carbocycles. The van der Waals surface area contributed by atoms with Crippen molar-refractivity contribution in [3.63, 3.8) is 0 Å². The molecule has 0 radical (unpaired) electrons. The number of benzene rings is 1. The summed E-state index contributed by atoms with van der Waals surface area (Å²) < 4.78 is 1.78. The maximum Gasteiger partial charge on any atom is 0.224 e.